The van der Waals surface area contributed by atoms with Crippen LogP contribution in [0, 0.1) is 0 Å². The summed E-state index contributed by atoms with van der Waals surface area (Å²) in [6.07, 6.45) is 3.01. The normalized spacial score (nSPS) is 15.6. The van der Waals surface area contributed by atoms with E-state index in [1.165, 1.54) is 16.6 Å². The van der Waals surface area contributed by atoms with Gasteiger partial charge in [-0.1, -0.05) is 41.9 Å². The molecular formula is C21H22ClN3. The molecule has 25 heavy (non-hydrogen) atoms. The van der Waals surface area contributed by atoms with Crippen LogP contribution in [0.3, 0.4) is 0 Å². The number of halogens is 1. The lowest BCUT2D eigenvalue weighted by Gasteiger charge is -2.36. The molecule has 1 fully saturated rings. The fourth-order valence-electron chi connectivity index (χ4n) is 3.53. The zero-order valence-corrected chi connectivity index (χ0v) is 15.0. The van der Waals surface area contributed by atoms with Crippen LogP contribution in [0.2, 0.25) is 5.02 Å². The van der Waals surface area contributed by atoms with Crippen molar-refractivity contribution in [1.29, 1.82) is 0 Å². The molecule has 3 nitrogen and oxygen atoms in total. The smallest absolute Gasteiger partial charge is 0.0737 e. The van der Waals surface area contributed by atoms with Gasteiger partial charge < -0.3 is 4.90 Å². The van der Waals surface area contributed by atoms with E-state index < -0.39 is 0 Å². The van der Waals surface area contributed by atoms with Crippen molar-refractivity contribution in [2.24, 2.45) is 0 Å². The number of piperazine rings is 1. The highest BCUT2D eigenvalue weighted by Gasteiger charge is 2.18. The minimum atomic E-state index is 0.739. The van der Waals surface area contributed by atoms with Gasteiger partial charge in [-0.15, -0.1) is 0 Å². The summed E-state index contributed by atoms with van der Waals surface area (Å²) in [5, 5.41) is 1.92. The number of hydrogen-bond donors (Lipinski definition) is 0. The number of anilines is 1. The van der Waals surface area contributed by atoms with E-state index in [0.717, 1.165) is 49.7 Å². The van der Waals surface area contributed by atoms with Gasteiger partial charge in [0.15, 0.2) is 0 Å². The van der Waals surface area contributed by atoms with Crippen molar-refractivity contribution in [2.75, 3.05) is 37.6 Å². The number of benzene rings is 2. The van der Waals surface area contributed by atoms with Crippen LogP contribution in [-0.4, -0.2) is 42.6 Å². The van der Waals surface area contributed by atoms with Crippen molar-refractivity contribution >= 4 is 28.2 Å². The van der Waals surface area contributed by atoms with Crippen molar-refractivity contribution in [1.82, 2.24) is 9.88 Å². The second-order valence-electron chi connectivity index (χ2n) is 6.56. The molecule has 4 rings (SSSR count). The second kappa shape index (κ2) is 7.42. The summed E-state index contributed by atoms with van der Waals surface area (Å²) in [7, 11) is 0. The minimum absolute atomic E-state index is 0.739. The van der Waals surface area contributed by atoms with Gasteiger partial charge in [0.05, 0.1) is 5.52 Å². The molecule has 128 valence electrons. The Bertz CT molecular complexity index is 842. The summed E-state index contributed by atoms with van der Waals surface area (Å²) >= 11 is 6.10. The van der Waals surface area contributed by atoms with E-state index in [1.807, 2.05) is 18.3 Å². The lowest BCUT2D eigenvalue weighted by molar-refractivity contribution is 0.261. The van der Waals surface area contributed by atoms with Crippen LogP contribution in [0.25, 0.3) is 10.9 Å². The van der Waals surface area contributed by atoms with Crippen LogP contribution in [0.5, 0.6) is 0 Å². The van der Waals surface area contributed by atoms with E-state index in [0.29, 0.717) is 0 Å². The molecule has 4 heteroatoms. The fourth-order valence-corrected chi connectivity index (χ4v) is 3.69. The first kappa shape index (κ1) is 16.4. The van der Waals surface area contributed by atoms with E-state index in [2.05, 4.69) is 57.2 Å². The van der Waals surface area contributed by atoms with Crippen LogP contribution < -0.4 is 4.90 Å². The van der Waals surface area contributed by atoms with Gasteiger partial charge >= 0.3 is 0 Å². The van der Waals surface area contributed by atoms with Crippen LogP contribution in [-0.2, 0) is 6.42 Å². The number of pyridine rings is 1. The van der Waals surface area contributed by atoms with E-state index >= 15 is 0 Å². The first-order chi connectivity index (χ1) is 12.3. The van der Waals surface area contributed by atoms with Gasteiger partial charge in [0.2, 0.25) is 0 Å². The van der Waals surface area contributed by atoms with Crippen LogP contribution in [0.4, 0.5) is 5.69 Å². The topological polar surface area (TPSA) is 19.4 Å². The summed E-state index contributed by atoms with van der Waals surface area (Å²) in [6, 6.07) is 18.8. The summed E-state index contributed by atoms with van der Waals surface area (Å²) in [6.45, 7) is 5.44. The third-order valence-electron chi connectivity index (χ3n) is 4.95. The Labute approximate surface area is 153 Å². The molecule has 0 radical (unpaired) electrons. The molecule has 2 aromatic carbocycles. The third kappa shape index (κ3) is 3.78. The summed E-state index contributed by atoms with van der Waals surface area (Å²) in [5.41, 5.74) is 3.66. The molecule has 1 aliphatic heterocycles. The Morgan fingerprint density at radius 3 is 2.52 bits per heavy atom. The van der Waals surface area contributed by atoms with Crippen LogP contribution in [0.15, 0.2) is 60.8 Å². The maximum absolute atomic E-state index is 6.10. The highest BCUT2D eigenvalue weighted by Crippen LogP contribution is 2.28. The van der Waals surface area contributed by atoms with Gasteiger partial charge in [0.1, 0.15) is 0 Å². The number of nitrogens with zero attached hydrogens (tertiary/aromatic N) is 3. The van der Waals surface area contributed by atoms with Gasteiger partial charge in [-0.05, 0) is 36.2 Å². The number of rotatable bonds is 4. The zero-order valence-electron chi connectivity index (χ0n) is 14.2. The van der Waals surface area contributed by atoms with Crippen molar-refractivity contribution in [2.45, 2.75) is 6.42 Å². The molecule has 0 aliphatic carbocycles. The van der Waals surface area contributed by atoms with Crippen molar-refractivity contribution in [3.05, 3.63) is 71.4 Å². The lowest BCUT2D eigenvalue weighted by atomic mass is 10.1. The second-order valence-corrected chi connectivity index (χ2v) is 6.99. The Hall–Kier alpha value is -2.10. The van der Waals surface area contributed by atoms with Gasteiger partial charge in [0.25, 0.3) is 0 Å². The Morgan fingerprint density at radius 2 is 1.72 bits per heavy atom. The van der Waals surface area contributed by atoms with Crippen LogP contribution >= 0.6 is 11.6 Å². The standard InChI is InChI=1S/C21H22ClN3/c22-18-6-7-19-20(16-18)23-10-8-21(19)25-14-12-24(13-15-25)11-9-17-4-2-1-3-5-17/h1-8,10,16H,9,11-15H2. The fraction of sp³-hybridized carbons (Fsp3) is 0.286. The molecule has 0 atom stereocenters. The minimum Gasteiger partial charge on any atom is -0.368 e. The van der Waals surface area contributed by atoms with Gasteiger partial charge in [-0.3, -0.25) is 9.88 Å². The average Bonchev–Trinajstić information content (AvgIpc) is 2.67. The van der Waals surface area contributed by atoms with E-state index in [1.54, 1.807) is 0 Å². The summed E-state index contributed by atoms with van der Waals surface area (Å²) < 4.78 is 0. The molecular weight excluding hydrogens is 330 g/mol. The SMILES string of the molecule is Clc1ccc2c(N3CCN(CCc4ccccc4)CC3)ccnc2c1. The molecule has 1 aromatic heterocycles. The molecule has 1 saturated heterocycles. The summed E-state index contributed by atoms with van der Waals surface area (Å²) in [5.74, 6) is 0. The first-order valence-electron chi connectivity index (χ1n) is 8.85. The van der Waals surface area contributed by atoms with Crippen molar-refractivity contribution in [3.63, 3.8) is 0 Å². The third-order valence-corrected chi connectivity index (χ3v) is 5.19. The van der Waals surface area contributed by atoms with Crippen molar-refractivity contribution < 1.29 is 0 Å². The highest BCUT2D eigenvalue weighted by atomic mass is 35.5. The predicted octanol–water partition coefficient (Wildman–Crippen LogP) is 4.25. The maximum Gasteiger partial charge on any atom is 0.0737 e. The van der Waals surface area contributed by atoms with Crippen LogP contribution in [0.1, 0.15) is 5.56 Å². The zero-order chi connectivity index (χ0) is 17.1. The van der Waals surface area contributed by atoms with E-state index in [9.17, 15) is 0 Å². The van der Waals surface area contributed by atoms with Gasteiger partial charge in [-0.25, -0.2) is 0 Å². The number of aromatic nitrogens is 1. The lowest BCUT2D eigenvalue weighted by Crippen LogP contribution is -2.47. The maximum atomic E-state index is 6.10. The molecule has 0 spiro atoms. The molecule has 0 bridgehead atoms. The molecule has 2 heterocycles. The average molecular weight is 352 g/mol. The van der Waals surface area contributed by atoms with Crippen molar-refractivity contribution in [3.8, 4) is 0 Å². The Balaban J connectivity index is 1.40. The molecule has 3 aromatic rings. The van der Waals surface area contributed by atoms with Gasteiger partial charge in [-0.2, -0.15) is 0 Å². The quantitative estimate of drug-likeness (QED) is 0.700. The largest absolute Gasteiger partial charge is 0.368 e. The highest BCUT2D eigenvalue weighted by molar-refractivity contribution is 6.31. The molecule has 0 N–H and O–H groups in total. The molecule has 1 aliphatic rings. The number of fused-ring (bicyclic) bond motifs is 1. The van der Waals surface area contributed by atoms with E-state index in [4.69, 9.17) is 11.6 Å². The molecule has 0 saturated carbocycles. The molecule has 0 unspecified atom stereocenters. The monoisotopic (exact) mass is 351 g/mol. The van der Waals surface area contributed by atoms with E-state index in [-0.39, 0.29) is 0 Å². The number of hydrogen-bond acceptors (Lipinski definition) is 3. The predicted molar refractivity (Wildman–Crippen MR) is 106 cm³/mol. The van der Waals surface area contributed by atoms with Gasteiger partial charge in [0, 0.05) is 55.0 Å². The molecule has 0 amide bonds. The summed E-state index contributed by atoms with van der Waals surface area (Å²) in [4.78, 5) is 9.48. The Kier molecular flexibility index (Phi) is 4.86. The Morgan fingerprint density at radius 1 is 0.920 bits per heavy atom. The first-order valence-corrected chi connectivity index (χ1v) is 9.23.